The van der Waals surface area contributed by atoms with E-state index in [0.29, 0.717) is 23.9 Å². The van der Waals surface area contributed by atoms with Gasteiger partial charge in [-0.25, -0.2) is 0 Å². The lowest BCUT2D eigenvalue weighted by molar-refractivity contribution is -0.144. The molecular formula is C26H29ClN2O2. The van der Waals surface area contributed by atoms with Crippen molar-refractivity contribution in [3.05, 3.63) is 78.5 Å². The molecule has 1 heterocycles. The second-order valence-electron chi connectivity index (χ2n) is 8.11. The molecule has 0 bridgehead atoms. The number of aryl methyl sites for hydroxylation is 1. The number of ether oxygens (including phenoxy) is 1. The lowest BCUT2D eigenvalue weighted by Crippen LogP contribution is -2.49. The first-order chi connectivity index (χ1) is 14.7. The molecular weight excluding hydrogens is 408 g/mol. The van der Waals surface area contributed by atoms with Crippen molar-refractivity contribution in [2.75, 3.05) is 13.1 Å². The molecule has 4 nitrogen and oxygen atoms in total. The normalized spacial score (nSPS) is 11.4. The van der Waals surface area contributed by atoms with Gasteiger partial charge < -0.3 is 14.2 Å². The molecule has 5 heteroatoms. The number of carbonyl (C=O) groups is 1. The Morgan fingerprint density at radius 2 is 1.74 bits per heavy atom. The summed E-state index contributed by atoms with van der Waals surface area (Å²) in [5.41, 5.74) is 3.42. The average Bonchev–Trinajstić information content (AvgIpc) is 2.97. The Bertz CT molecular complexity index is 1120. The fourth-order valence-electron chi connectivity index (χ4n) is 3.87. The summed E-state index contributed by atoms with van der Waals surface area (Å²) in [6.07, 6.45) is 3.41. The summed E-state index contributed by atoms with van der Waals surface area (Å²) in [5.74, 6) is 0.526. The number of hydrogen-bond donors (Lipinski definition) is 0. The van der Waals surface area contributed by atoms with E-state index in [-0.39, 0.29) is 5.91 Å². The van der Waals surface area contributed by atoms with Crippen LogP contribution in [0.3, 0.4) is 0 Å². The molecule has 1 aromatic heterocycles. The van der Waals surface area contributed by atoms with Crippen molar-refractivity contribution in [3.63, 3.8) is 0 Å². The van der Waals surface area contributed by atoms with Gasteiger partial charge >= 0.3 is 0 Å². The third kappa shape index (κ3) is 4.54. The molecule has 0 N–H and O–H groups in total. The molecule has 0 aliphatic carbocycles. The second-order valence-corrected chi connectivity index (χ2v) is 8.54. The van der Waals surface area contributed by atoms with Crippen LogP contribution >= 0.6 is 11.6 Å². The van der Waals surface area contributed by atoms with E-state index in [9.17, 15) is 4.79 Å². The van der Waals surface area contributed by atoms with Gasteiger partial charge in [-0.05, 0) is 56.7 Å². The number of benzene rings is 2. The van der Waals surface area contributed by atoms with Gasteiger partial charge in [-0.1, -0.05) is 35.9 Å². The first-order valence-corrected chi connectivity index (χ1v) is 10.6. The van der Waals surface area contributed by atoms with Crippen molar-refractivity contribution in [3.8, 4) is 16.9 Å². The third-order valence-electron chi connectivity index (χ3n) is 5.47. The zero-order valence-corrected chi connectivity index (χ0v) is 19.4. The average molecular weight is 437 g/mol. The summed E-state index contributed by atoms with van der Waals surface area (Å²) in [5, 5.41) is 1.77. The summed E-state index contributed by atoms with van der Waals surface area (Å²) in [6, 6.07) is 13.8. The molecule has 0 spiro atoms. The Morgan fingerprint density at radius 3 is 2.32 bits per heavy atom. The topological polar surface area (TPSA) is 34.5 Å². The second kappa shape index (κ2) is 9.03. The Labute approximate surface area is 189 Å². The van der Waals surface area contributed by atoms with Crippen molar-refractivity contribution in [2.45, 2.75) is 26.4 Å². The zero-order valence-electron chi connectivity index (χ0n) is 18.6. The van der Waals surface area contributed by atoms with E-state index >= 15 is 0 Å². The quantitative estimate of drug-likeness (QED) is 0.396. The maximum atomic E-state index is 13.1. The predicted octanol–water partition coefficient (Wildman–Crippen LogP) is 6.17. The SMILES string of the molecule is C=CCN(CC=C)C(=O)C(C)(C)Oc1ccc2c(c1)c(-c1ccc(Cl)cc1)c(C)n2C. The number of halogens is 1. The summed E-state index contributed by atoms with van der Waals surface area (Å²) in [6.45, 7) is 14.0. The molecule has 2 aromatic carbocycles. The molecule has 3 rings (SSSR count). The molecule has 1 amide bonds. The van der Waals surface area contributed by atoms with E-state index in [2.05, 4.69) is 24.6 Å². The van der Waals surface area contributed by atoms with Crippen LogP contribution in [-0.4, -0.2) is 34.1 Å². The molecule has 0 atom stereocenters. The van der Waals surface area contributed by atoms with E-state index < -0.39 is 5.60 Å². The van der Waals surface area contributed by atoms with E-state index in [1.165, 1.54) is 0 Å². The number of carbonyl (C=O) groups excluding carboxylic acids is 1. The molecule has 0 unspecified atom stereocenters. The highest BCUT2D eigenvalue weighted by molar-refractivity contribution is 6.30. The molecule has 3 aromatic rings. The monoisotopic (exact) mass is 436 g/mol. The number of aromatic nitrogens is 1. The van der Waals surface area contributed by atoms with Crippen molar-refractivity contribution >= 4 is 28.4 Å². The molecule has 0 aliphatic rings. The maximum absolute atomic E-state index is 13.1. The third-order valence-corrected chi connectivity index (χ3v) is 5.72. The van der Waals surface area contributed by atoms with E-state index in [0.717, 1.165) is 27.7 Å². The van der Waals surface area contributed by atoms with Crippen LogP contribution in [0.5, 0.6) is 5.75 Å². The molecule has 0 saturated heterocycles. The van der Waals surface area contributed by atoms with Crippen molar-refractivity contribution in [2.24, 2.45) is 7.05 Å². The van der Waals surface area contributed by atoms with Crippen LogP contribution in [0.2, 0.25) is 5.02 Å². The highest BCUT2D eigenvalue weighted by Crippen LogP contribution is 2.37. The lowest BCUT2D eigenvalue weighted by atomic mass is 10.0. The fourth-order valence-corrected chi connectivity index (χ4v) is 3.99. The zero-order chi connectivity index (χ0) is 22.8. The highest BCUT2D eigenvalue weighted by Gasteiger charge is 2.33. The molecule has 0 saturated carbocycles. The minimum atomic E-state index is -1.04. The first-order valence-electron chi connectivity index (χ1n) is 10.2. The number of nitrogens with zero attached hydrogens (tertiary/aromatic N) is 2. The molecule has 31 heavy (non-hydrogen) atoms. The Balaban J connectivity index is 2.01. The van der Waals surface area contributed by atoms with Gasteiger partial charge in [0.1, 0.15) is 5.75 Å². The smallest absolute Gasteiger partial charge is 0.266 e. The van der Waals surface area contributed by atoms with Crippen LogP contribution < -0.4 is 4.74 Å². The van der Waals surface area contributed by atoms with Gasteiger partial charge in [0, 0.05) is 47.3 Å². The predicted molar refractivity (Wildman–Crippen MR) is 130 cm³/mol. The van der Waals surface area contributed by atoms with Crippen LogP contribution in [0.1, 0.15) is 19.5 Å². The molecule has 0 fully saturated rings. The van der Waals surface area contributed by atoms with E-state index in [1.807, 2.05) is 49.5 Å². The van der Waals surface area contributed by atoms with Gasteiger partial charge in [0.2, 0.25) is 0 Å². The van der Waals surface area contributed by atoms with Gasteiger partial charge in [0.25, 0.3) is 5.91 Å². The number of hydrogen-bond acceptors (Lipinski definition) is 2. The van der Waals surface area contributed by atoms with E-state index in [1.54, 1.807) is 30.9 Å². The van der Waals surface area contributed by atoms with Gasteiger partial charge in [0.05, 0.1) is 0 Å². The van der Waals surface area contributed by atoms with Crippen LogP contribution in [0.15, 0.2) is 67.8 Å². The maximum Gasteiger partial charge on any atom is 0.266 e. The fraction of sp³-hybridized carbons (Fsp3) is 0.269. The Hall–Kier alpha value is -2.98. The summed E-state index contributed by atoms with van der Waals surface area (Å²) in [4.78, 5) is 14.8. The Morgan fingerprint density at radius 1 is 1.13 bits per heavy atom. The molecule has 162 valence electrons. The highest BCUT2D eigenvalue weighted by atomic mass is 35.5. The van der Waals surface area contributed by atoms with Gasteiger partial charge in [-0.3, -0.25) is 4.79 Å². The van der Waals surface area contributed by atoms with Gasteiger partial charge in [0.15, 0.2) is 5.60 Å². The minimum absolute atomic E-state index is 0.116. The van der Waals surface area contributed by atoms with Crippen molar-refractivity contribution in [1.82, 2.24) is 9.47 Å². The van der Waals surface area contributed by atoms with Gasteiger partial charge in [-0.2, -0.15) is 0 Å². The van der Waals surface area contributed by atoms with Crippen LogP contribution in [0, 0.1) is 6.92 Å². The van der Waals surface area contributed by atoms with E-state index in [4.69, 9.17) is 16.3 Å². The number of amides is 1. The largest absolute Gasteiger partial charge is 0.478 e. The summed E-state index contributed by atoms with van der Waals surface area (Å²) >= 11 is 6.09. The number of rotatable bonds is 8. The van der Waals surface area contributed by atoms with Crippen LogP contribution in [-0.2, 0) is 11.8 Å². The van der Waals surface area contributed by atoms with Crippen LogP contribution in [0.4, 0.5) is 0 Å². The standard InChI is InChI=1S/C26H29ClN2O2/c1-7-15-29(16-8-2)25(30)26(4,5)31-21-13-14-23-22(17-21)24(18(3)28(23)6)19-9-11-20(27)12-10-19/h7-14,17H,1-2,15-16H2,3-6H3. The molecule has 0 aliphatic heterocycles. The lowest BCUT2D eigenvalue weighted by Gasteiger charge is -2.31. The van der Waals surface area contributed by atoms with Gasteiger partial charge in [-0.15, -0.1) is 13.2 Å². The first kappa shape index (κ1) is 22.7. The number of fused-ring (bicyclic) bond motifs is 1. The van der Waals surface area contributed by atoms with Crippen molar-refractivity contribution in [1.29, 1.82) is 0 Å². The molecule has 0 radical (unpaired) electrons. The van der Waals surface area contributed by atoms with Crippen LogP contribution in [0.25, 0.3) is 22.0 Å². The summed E-state index contributed by atoms with van der Waals surface area (Å²) < 4.78 is 8.38. The minimum Gasteiger partial charge on any atom is -0.478 e. The Kier molecular flexibility index (Phi) is 6.61. The van der Waals surface area contributed by atoms with Crippen molar-refractivity contribution < 1.29 is 9.53 Å². The summed E-state index contributed by atoms with van der Waals surface area (Å²) in [7, 11) is 2.05.